The first-order chi connectivity index (χ1) is 4.43. The second kappa shape index (κ2) is 3.64. The summed E-state index contributed by atoms with van der Waals surface area (Å²) in [4.78, 5) is 0. The fourth-order valence-electron chi connectivity index (χ4n) is 1.08. The lowest BCUT2D eigenvalue weighted by atomic mass is 10.2. The topological polar surface area (TPSA) is 24.1 Å². The van der Waals surface area contributed by atoms with Crippen LogP contribution in [0.5, 0.6) is 0 Å². The molecular formula is C7H14N2. The first-order valence-corrected chi connectivity index (χ1v) is 3.48. The van der Waals surface area contributed by atoms with E-state index in [1.54, 1.807) is 0 Å². The van der Waals surface area contributed by atoms with Crippen molar-refractivity contribution in [2.45, 2.75) is 12.5 Å². The number of hydrogen-bond donors (Lipinski definition) is 2. The number of hydrogen-bond acceptors (Lipinski definition) is 2. The minimum Gasteiger partial charge on any atom is -0.314 e. The van der Waals surface area contributed by atoms with Crippen molar-refractivity contribution >= 4 is 0 Å². The Hall–Kier alpha value is -0.340. The summed E-state index contributed by atoms with van der Waals surface area (Å²) in [6.07, 6.45) is 3.04. The Bertz CT molecular complexity index is 84.9. The molecule has 1 rings (SSSR count). The zero-order valence-electron chi connectivity index (χ0n) is 5.69. The molecule has 0 bridgehead atoms. The van der Waals surface area contributed by atoms with Crippen molar-refractivity contribution in [1.82, 2.24) is 10.6 Å². The van der Waals surface area contributed by atoms with Crippen LogP contribution >= 0.6 is 0 Å². The first-order valence-electron chi connectivity index (χ1n) is 3.48. The van der Waals surface area contributed by atoms with E-state index in [0.717, 1.165) is 26.1 Å². The van der Waals surface area contributed by atoms with Gasteiger partial charge in [0.2, 0.25) is 0 Å². The minimum atomic E-state index is 0.622. The molecule has 0 aliphatic carbocycles. The van der Waals surface area contributed by atoms with Crippen molar-refractivity contribution in [2.75, 3.05) is 19.6 Å². The van der Waals surface area contributed by atoms with Crippen molar-refractivity contribution < 1.29 is 0 Å². The molecule has 2 heteroatoms. The molecule has 52 valence electrons. The lowest BCUT2D eigenvalue weighted by molar-refractivity contribution is 0.421. The Labute approximate surface area is 56.3 Å². The number of piperazine rings is 1. The molecule has 1 saturated heterocycles. The van der Waals surface area contributed by atoms with Gasteiger partial charge in [0.25, 0.3) is 0 Å². The van der Waals surface area contributed by atoms with Crippen LogP contribution < -0.4 is 10.6 Å². The maximum Gasteiger partial charge on any atom is 0.0227 e. The highest BCUT2D eigenvalue weighted by molar-refractivity contribution is 4.82. The maximum atomic E-state index is 3.69. The molecule has 1 heterocycles. The Balaban J connectivity index is 2.15. The molecule has 9 heavy (non-hydrogen) atoms. The van der Waals surface area contributed by atoms with Gasteiger partial charge in [-0.25, -0.2) is 0 Å². The molecule has 1 aliphatic rings. The van der Waals surface area contributed by atoms with Crippen LogP contribution in [-0.4, -0.2) is 25.7 Å². The molecule has 0 spiro atoms. The molecule has 1 atom stereocenters. The van der Waals surface area contributed by atoms with Gasteiger partial charge in [-0.1, -0.05) is 6.08 Å². The summed E-state index contributed by atoms with van der Waals surface area (Å²) < 4.78 is 0. The summed E-state index contributed by atoms with van der Waals surface area (Å²) in [5, 5.41) is 6.70. The fraction of sp³-hybridized carbons (Fsp3) is 0.714. The van der Waals surface area contributed by atoms with Crippen LogP contribution in [0.2, 0.25) is 0 Å². The van der Waals surface area contributed by atoms with Crippen LogP contribution in [0.15, 0.2) is 12.7 Å². The van der Waals surface area contributed by atoms with E-state index in [4.69, 9.17) is 0 Å². The summed E-state index contributed by atoms with van der Waals surface area (Å²) in [5.41, 5.74) is 0. The summed E-state index contributed by atoms with van der Waals surface area (Å²) in [6.45, 7) is 6.98. The van der Waals surface area contributed by atoms with Gasteiger partial charge in [0.15, 0.2) is 0 Å². The Morgan fingerprint density at radius 1 is 1.56 bits per heavy atom. The van der Waals surface area contributed by atoms with E-state index in [9.17, 15) is 0 Å². The molecule has 1 fully saturated rings. The Morgan fingerprint density at radius 2 is 2.44 bits per heavy atom. The van der Waals surface area contributed by atoms with Crippen LogP contribution in [0.4, 0.5) is 0 Å². The van der Waals surface area contributed by atoms with Gasteiger partial charge in [0, 0.05) is 25.7 Å². The molecule has 0 aromatic heterocycles. The third kappa shape index (κ3) is 2.16. The van der Waals surface area contributed by atoms with Gasteiger partial charge in [0.1, 0.15) is 0 Å². The van der Waals surface area contributed by atoms with Crippen molar-refractivity contribution in [1.29, 1.82) is 0 Å². The highest BCUT2D eigenvalue weighted by atomic mass is 15.0. The highest BCUT2D eigenvalue weighted by Crippen LogP contribution is 1.92. The lowest BCUT2D eigenvalue weighted by Crippen LogP contribution is -2.47. The van der Waals surface area contributed by atoms with Crippen molar-refractivity contribution in [2.24, 2.45) is 0 Å². The predicted molar refractivity (Wildman–Crippen MR) is 39.5 cm³/mol. The van der Waals surface area contributed by atoms with Gasteiger partial charge >= 0.3 is 0 Å². The standard InChI is InChI=1S/C7H14N2/c1-2-3-7-6-8-4-5-9-7/h2,7-9H,1,3-6H2/t7-/m0/s1. The molecule has 2 N–H and O–H groups in total. The summed E-state index contributed by atoms with van der Waals surface area (Å²) in [6, 6.07) is 0.622. The van der Waals surface area contributed by atoms with Crippen LogP contribution in [0.3, 0.4) is 0 Å². The van der Waals surface area contributed by atoms with E-state index in [1.165, 1.54) is 0 Å². The van der Waals surface area contributed by atoms with E-state index in [2.05, 4.69) is 17.2 Å². The van der Waals surface area contributed by atoms with E-state index in [0.29, 0.717) is 6.04 Å². The summed E-state index contributed by atoms with van der Waals surface area (Å²) >= 11 is 0. The summed E-state index contributed by atoms with van der Waals surface area (Å²) in [7, 11) is 0. The average Bonchev–Trinajstić information content (AvgIpc) is 1.91. The zero-order chi connectivity index (χ0) is 6.53. The molecule has 0 saturated carbocycles. The van der Waals surface area contributed by atoms with E-state index < -0.39 is 0 Å². The molecule has 0 aromatic carbocycles. The number of nitrogens with one attached hydrogen (secondary N) is 2. The van der Waals surface area contributed by atoms with E-state index in [1.807, 2.05) is 6.08 Å². The van der Waals surface area contributed by atoms with Crippen LogP contribution in [0.1, 0.15) is 6.42 Å². The van der Waals surface area contributed by atoms with Crippen molar-refractivity contribution in [3.05, 3.63) is 12.7 Å². The second-order valence-corrected chi connectivity index (χ2v) is 2.38. The molecular weight excluding hydrogens is 112 g/mol. The predicted octanol–water partition coefficient (Wildman–Crippen LogP) is 0.124. The molecule has 0 radical (unpaired) electrons. The second-order valence-electron chi connectivity index (χ2n) is 2.38. The molecule has 0 unspecified atom stereocenters. The third-order valence-electron chi connectivity index (χ3n) is 1.58. The van der Waals surface area contributed by atoms with E-state index >= 15 is 0 Å². The van der Waals surface area contributed by atoms with Crippen LogP contribution in [-0.2, 0) is 0 Å². The summed E-state index contributed by atoms with van der Waals surface area (Å²) in [5.74, 6) is 0. The smallest absolute Gasteiger partial charge is 0.0227 e. The van der Waals surface area contributed by atoms with Gasteiger partial charge in [0.05, 0.1) is 0 Å². The normalized spacial score (nSPS) is 27.8. The quantitative estimate of drug-likeness (QED) is 0.514. The van der Waals surface area contributed by atoms with Crippen molar-refractivity contribution in [3.63, 3.8) is 0 Å². The number of rotatable bonds is 2. The van der Waals surface area contributed by atoms with E-state index in [-0.39, 0.29) is 0 Å². The first kappa shape index (κ1) is 6.78. The zero-order valence-corrected chi connectivity index (χ0v) is 5.69. The molecule has 0 aromatic rings. The maximum absolute atomic E-state index is 3.69. The Morgan fingerprint density at radius 3 is 3.00 bits per heavy atom. The largest absolute Gasteiger partial charge is 0.314 e. The van der Waals surface area contributed by atoms with Crippen molar-refractivity contribution in [3.8, 4) is 0 Å². The van der Waals surface area contributed by atoms with Crippen LogP contribution in [0.25, 0.3) is 0 Å². The van der Waals surface area contributed by atoms with Gasteiger partial charge in [-0.2, -0.15) is 0 Å². The van der Waals surface area contributed by atoms with Gasteiger partial charge in [-0.05, 0) is 6.42 Å². The molecule has 2 nitrogen and oxygen atoms in total. The van der Waals surface area contributed by atoms with Gasteiger partial charge < -0.3 is 10.6 Å². The van der Waals surface area contributed by atoms with Gasteiger partial charge in [-0.15, -0.1) is 6.58 Å². The molecule has 0 amide bonds. The monoisotopic (exact) mass is 126 g/mol. The minimum absolute atomic E-state index is 0.622. The SMILES string of the molecule is C=CC[C@H]1CNCCN1. The van der Waals surface area contributed by atoms with Crippen LogP contribution in [0, 0.1) is 0 Å². The average molecular weight is 126 g/mol. The fourth-order valence-corrected chi connectivity index (χ4v) is 1.08. The molecule has 1 aliphatic heterocycles. The third-order valence-corrected chi connectivity index (χ3v) is 1.58. The highest BCUT2D eigenvalue weighted by Gasteiger charge is 2.08. The Kier molecular flexibility index (Phi) is 2.74. The van der Waals surface area contributed by atoms with Gasteiger partial charge in [-0.3, -0.25) is 0 Å². The lowest BCUT2D eigenvalue weighted by Gasteiger charge is -2.22.